The molecule has 0 aliphatic carbocycles. The lowest BCUT2D eigenvalue weighted by Crippen LogP contribution is -2.52. The number of nitrogens with zero attached hydrogens (tertiary/aromatic N) is 2. The van der Waals surface area contributed by atoms with Gasteiger partial charge in [0.05, 0.1) is 37.0 Å². The molecule has 0 bridgehead atoms. The molecule has 14 nitrogen and oxygen atoms in total. The number of nitrogens with one attached hydrogen (secondary N) is 2. The number of benzene rings is 1. The van der Waals surface area contributed by atoms with Crippen LogP contribution >= 0.6 is 11.8 Å². The van der Waals surface area contributed by atoms with E-state index in [1.165, 1.54) is 25.5 Å². The number of furan rings is 1. The van der Waals surface area contributed by atoms with Gasteiger partial charge in [-0.2, -0.15) is 0 Å². The molecule has 2 saturated heterocycles. The van der Waals surface area contributed by atoms with Crippen LogP contribution in [0.2, 0.25) is 0 Å². The van der Waals surface area contributed by atoms with Gasteiger partial charge in [0.2, 0.25) is 11.8 Å². The number of carboxylic acid groups (broad SMARTS) is 2. The molecule has 0 spiro atoms. The topological polar surface area (TPSA) is 196 Å². The maximum atomic E-state index is 12.9. The van der Waals surface area contributed by atoms with Crippen LogP contribution in [0.15, 0.2) is 47.1 Å². The fourth-order valence-corrected chi connectivity index (χ4v) is 5.87. The molecule has 1 aromatic carbocycles. The largest absolute Gasteiger partial charge is 0.497 e. The van der Waals surface area contributed by atoms with Crippen molar-refractivity contribution < 1.29 is 48.1 Å². The fourth-order valence-electron chi connectivity index (χ4n) is 5.09. The third-order valence-electron chi connectivity index (χ3n) is 7.12. The number of carbonyl (C=O) groups is 6. The highest BCUT2D eigenvalue weighted by atomic mass is 32.2. The zero-order chi connectivity index (χ0) is 30.4. The monoisotopic (exact) mass is 602 g/mol. The van der Waals surface area contributed by atoms with E-state index in [0.717, 1.165) is 21.6 Å². The van der Waals surface area contributed by atoms with E-state index < -0.39 is 59.7 Å². The van der Waals surface area contributed by atoms with Crippen molar-refractivity contribution >= 4 is 47.3 Å². The molecule has 4 rings (SSSR count). The van der Waals surface area contributed by atoms with Crippen molar-refractivity contribution in [2.45, 2.75) is 37.0 Å². The fraction of sp³-hybridized carbons (Fsp3) is 0.407. The Morgan fingerprint density at radius 2 is 1.38 bits per heavy atom. The van der Waals surface area contributed by atoms with Gasteiger partial charge >= 0.3 is 11.9 Å². The second kappa shape index (κ2) is 13.4. The number of carboxylic acids is 2. The Kier molecular flexibility index (Phi) is 9.72. The first-order chi connectivity index (χ1) is 20.1. The Hall–Kier alpha value is -4.53. The summed E-state index contributed by atoms with van der Waals surface area (Å²) >= 11 is 0.929. The summed E-state index contributed by atoms with van der Waals surface area (Å²) in [6.45, 7) is 0.193. The summed E-state index contributed by atoms with van der Waals surface area (Å²) in [6.07, 6.45) is 1.76. The Morgan fingerprint density at radius 1 is 0.857 bits per heavy atom. The summed E-state index contributed by atoms with van der Waals surface area (Å²) in [7, 11) is 1.49. The standard InChI is InChI=1S/C27H30N4O10S/c1-40-16-6-4-15(5-7-16)24(34)28-17-8-10-30(22(17)26(36)37)20(32)13-42-14-21(33)31-11-9-18(23(31)27(38)39)29-25(35)19-3-2-12-41-19/h2-7,12,17-18,22-23H,8-11,13-14H2,1H3,(H,28,34)(H,29,35)(H,36,37)(H,38,39)/t17-,18-,22-,23-/m0/s1. The number of carbonyl (C=O) groups excluding carboxylic acids is 4. The van der Waals surface area contributed by atoms with Gasteiger partial charge in [0.1, 0.15) is 17.8 Å². The summed E-state index contributed by atoms with van der Waals surface area (Å²) in [5.74, 6) is -4.57. The van der Waals surface area contributed by atoms with Gasteiger partial charge in [-0.3, -0.25) is 19.2 Å². The molecule has 15 heteroatoms. The quantitative estimate of drug-likeness (QED) is 0.276. The smallest absolute Gasteiger partial charge is 0.328 e. The number of ether oxygens (including phenoxy) is 1. The minimum absolute atomic E-state index is 0.0158. The van der Waals surface area contributed by atoms with Crippen molar-refractivity contribution in [3.63, 3.8) is 0 Å². The number of hydrogen-bond acceptors (Lipinski definition) is 9. The number of amides is 4. The molecule has 0 unspecified atom stereocenters. The molecular weight excluding hydrogens is 572 g/mol. The molecule has 2 aliphatic heterocycles. The number of hydrogen-bond donors (Lipinski definition) is 4. The number of rotatable bonds is 11. The van der Waals surface area contributed by atoms with Gasteiger partial charge in [0, 0.05) is 18.7 Å². The Morgan fingerprint density at radius 3 is 1.83 bits per heavy atom. The van der Waals surface area contributed by atoms with Gasteiger partial charge in [-0.15, -0.1) is 11.8 Å². The van der Waals surface area contributed by atoms with Crippen molar-refractivity contribution in [1.82, 2.24) is 20.4 Å². The average molecular weight is 603 g/mol. The first kappa shape index (κ1) is 30.4. The Bertz CT molecular complexity index is 1330. The van der Waals surface area contributed by atoms with Gasteiger partial charge in [-0.1, -0.05) is 0 Å². The zero-order valence-electron chi connectivity index (χ0n) is 22.6. The van der Waals surface area contributed by atoms with Crippen LogP contribution in [-0.4, -0.2) is 111 Å². The van der Waals surface area contributed by atoms with Gasteiger partial charge in [-0.05, 0) is 49.2 Å². The number of methoxy groups -OCH3 is 1. The first-order valence-electron chi connectivity index (χ1n) is 13.0. The summed E-state index contributed by atoms with van der Waals surface area (Å²) in [6, 6.07) is 5.01. The van der Waals surface area contributed by atoms with Crippen LogP contribution in [0.25, 0.3) is 0 Å². The molecule has 1 aromatic heterocycles. The van der Waals surface area contributed by atoms with Gasteiger partial charge in [0.15, 0.2) is 5.76 Å². The van der Waals surface area contributed by atoms with E-state index in [-0.39, 0.29) is 43.2 Å². The lowest BCUT2D eigenvalue weighted by Gasteiger charge is -2.26. The van der Waals surface area contributed by atoms with Crippen LogP contribution in [0.3, 0.4) is 0 Å². The highest BCUT2D eigenvalue weighted by Gasteiger charge is 2.44. The normalized spacial score (nSPS) is 21.5. The van der Waals surface area contributed by atoms with E-state index in [0.29, 0.717) is 11.3 Å². The van der Waals surface area contributed by atoms with Crippen molar-refractivity contribution in [3.8, 4) is 5.75 Å². The summed E-state index contributed by atoms with van der Waals surface area (Å²) < 4.78 is 10.1. The highest BCUT2D eigenvalue weighted by Crippen LogP contribution is 2.23. The third-order valence-corrected chi connectivity index (χ3v) is 8.03. The number of thioether (sulfide) groups is 1. The summed E-state index contributed by atoms with van der Waals surface area (Å²) in [5.41, 5.74) is 0.308. The van der Waals surface area contributed by atoms with Gasteiger partial charge in [-0.25, -0.2) is 9.59 Å². The predicted octanol–water partition coefficient (Wildman–Crippen LogP) is 0.289. The Labute approximate surface area is 244 Å². The van der Waals surface area contributed by atoms with Crippen molar-refractivity contribution in [3.05, 3.63) is 54.0 Å². The minimum atomic E-state index is -1.29. The molecule has 224 valence electrons. The van der Waals surface area contributed by atoms with Crippen LogP contribution in [0.5, 0.6) is 5.75 Å². The summed E-state index contributed by atoms with van der Waals surface area (Å²) in [4.78, 5) is 77.1. The number of aliphatic carboxylic acids is 2. The molecule has 4 N–H and O–H groups in total. The van der Waals surface area contributed by atoms with E-state index in [2.05, 4.69) is 10.6 Å². The Balaban J connectivity index is 1.29. The maximum Gasteiger partial charge on any atom is 0.328 e. The second-order valence-corrected chi connectivity index (χ2v) is 10.7. The van der Waals surface area contributed by atoms with Crippen LogP contribution in [-0.2, 0) is 19.2 Å². The lowest BCUT2D eigenvalue weighted by molar-refractivity contribution is -0.147. The molecule has 4 amide bonds. The van der Waals surface area contributed by atoms with Crippen LogP contribution in [0.1, 0.15) is 33.8 Å². The van der Waals surface area contributed by atoms with Crippen molar-refractivity contribution in [2.75, 3.05) is 31.7 Å². The van der Waals surface area contributed by atoms with E-state index >= 15 is 0 Å². The number of likely N-dealkylation sites (tertiary alicyclic amines) is 2. The second-order valence-electron chi connectivity index (χ2n) is 9.68. The van der Waals surface area contributed by atoms with E-state index in [1.807, 2.05) is 0 Å². The molecule has 2 aliphatic rings. The molecule has 2 fully saturated rings. The van der Waals surface area contributed by atoms with Crippen LogP contribution < -0.4 is 15.4 Å². The van der Waals surface area contributed by atoms with Gasteiger partial charge < -0.3 is 39.8 Å². The summed E-state index contributed by atoms with van der Waals surface area (Å²) in [5, 5.41) is 24.8. The van der Waals surface area contributed by atoms with E-state index in [9.17, 15) is 39.0 Å². The van der Waals surface area contributed by atoms with Gasteiger partial charge in [0.25, 0.3) is 11.8 Å². The average Bonchev–Trinajstić information content (AvgIpc) is 3.73. The van der Waals surface area contributed by atoms with Crippen LogP contribution in [0, 0.1) is 0 Å². The third kappa shape index (κ3) is 6.84. The molecule has 0 radical (unpaired) electrons. The molecule has 4 atom stereocenters. The zero-order valence-corrected chi connectivity index (χ0v) is 23.4. The molecule has 0 saturated carbocycles. The maximum absolute atomic E-state index is 12.9. The van der Waals surface area contributed by atoms with Crippen LogP contribution in [0.4, 0.5) is 0 Å². The predicted molar refractivity (Wildman–Crippen MR) is 147 cm³/mol. The van der Waals surface area contributed by atoms with Crippen molar-refractivity contribution in [2.24, 2.45) is 0 Å². The van der Waals surface area contributed by atoms with E-state index in [4.69, 9.17) is 9.15 Å². The van der Waals surface area contributed by atoms with E-state index in [1.54, 1.807) is 24.3 Å². The highest BCUT2D eigenvalue weighted by molar-refractivity contribution is 8.00. The molecular formula is C27H30N4O10S. The SMILES string of the molecule is COc1ccc(C(=O)N[C@H]2CCN(C(=O)CSCC(=O)N3CC[C@H](NC(=O)c4ccco4)[C@H]3C(=O)O)[C@@H]2C(=O)O)cc1. The molecule has 42 heavy (non-hydrogen) atoms. The minimum Gasteiger partial charge on any atom is -0.497 e. The van der Waals surface area contributed by atoms with Crippen molar-refractivity contribution in [1.29, 1.82) is 0 Å². The molecule has 2 aromatic rings. The molecule has 3 heterocycles. The lowest BCUT2D eigenvalue weighted by atomic mass is 10.1. The first-order valence-corrected chi connectivity index (χ1v) is 14.2.